The Balaban J connectivity index is 1.99. The third kappa shape index (κ3) is 6.74. The highest BCUT2D eigenvalue weighted by atomic mass is 19.1. The molecule has 0 N–H and O–H groups in total. The van der Waals surface area contributed by atoms with Gasteiger partial charge in [0.15, 0.2) is 11.4 Å². The summed E-state index contributed by atoms with van der Waals surface area (Å²) in [6, 6.07) is 4.21. The van der Waals surface area contributed by atoms with Gasteiger partial charge in [-0.15, -0.1) is 0 Å². The summed E-state index contributed by atoms with van der Waals surface area (Å²) in [5.74, 6) is -0.203. The molecule has 1 aromatic carbocycles. The van der Waals surface area contributed by atoms with Crippen molar-refractivity contribution in [3.63, 3.8) is 0 Å². The SMILES string of the molecule is COCCCCn1c(C(=O)N(C(C)C)[C@@H]2CCCN(C(=O)OC(C)(C)C)C2)c(OC)c2cc(F)ccc21. The highest BCUT2D eigenvalue weighted by Gasteiger charge is 2.37. The van der Waals surface area contributed by atoms with E-state index in [9.17, 15) is 14.0 Å². The van der Waals surface area contributed by atoms with Crippen LogP contribution >= 0.6 is 0 Å². The van der Waals surface area contributed by atoms with E-state index in [0.717, 1.165) is 31.2 Å². The molecule has 2 aromatic rings. The highest BCUT2D eigenvalue weighted by Crippen LogP contribution is 2.36. The monoisotopic (exact) mass is 519 g/mol. The molecule has 2 amide bonds. The molecule has 1 aromatic heterocycles. The quantitative estimate of drug-likeness (QED) is 0.411. The average molecular weight is 520 g/mol. The van der Waals surface area contributed by atoms with E-state index in [1.165, 1.54) is 19.2 Å². The number of unbranched alkanes of at least 4 members (excludes halogenated alkanes) is 1. The highest BCUT2D eigenvalue weighted by molar-refractivity contribution is 6.04. The molecule has 206 valence electrons. The van der Waals surface area contributed by atoms with Gasteiger partial charge in [0.1, 0.15) is 11.4 Å². The lowest BCUT2D eigenvalue weighted by Gasteiger charge is -2.41. The number of rotatable bonds is 9. The Hall–Kier alpha value is -2.81. The number of carbonyl (C=O) groups is 2. The minimum absolute atomic E-state index is 0.127. The molecule has 1 atom stereocenters. The third-order valence-electron chi connectivity index (χ3n) is 6.60. The van der Waals surface area contributed by atoms with Gasteiger partial charge in [-0.2, -0.15) is 0 Å². The molecular weight excluding hydrogens is 477 g/mol. The lowest BCUT2D eigenvalue weighted by atomic mass is 10.0. The number of methoxy groups -OCH3 is 2. The number of ether oxygens (including phenoxy) is 3. The number of hydrogen-bond acceptors (Lipinski definition) is 5. The van der Waals surface area contributed by atoms with Crippen molar-refractivity contribution in [1.29, 1.82) is 0 Å². The first-order valence-corrected chi connectivity index (χ1v) is 13.1. The molecule has 1 fully saturated rings. The average Bonchev–Trinajstić information content (AvgIpc) is 3.13. The lowest BCUT2D eigenvalue weighted by molar-refractivity contribution is 0.00727. The molecule has 0 saturated carbocycles. The van der Waals surface area contributed by atoms with Crippen LogP contribution in [-0.2, 0) is 16.0 Å². The van der Waals surface area contributed by atoms with Gasteiger partial charge in [-0.1, -0.05) is 0 Å². The fraction of sp³-hybridized carbons (Fsp3) is 0.643. The third-order valence-corrected chi connectivity index (χ3v) is 6.60. The Bertz CT molecular complexity index is 1090. The Labute approximate surface area is 219 Å². The van der Waals surface area contributed by atoms with Crippen molar-refractivity contribution < 1.29 is 28.2 Å². The fourth-order valence-corrected chi connectivity index (χ4v) is 5.08. The molecule has 1 saturated heterocycles. The molecule has 0 aliphatic carbocycles. The van der Waals surface area contributed by atoms with Crippen LogP contribution in [-0.4, -0.2) is 78.0 Å². The molecular formula is C28H42FN3O5. The topological polar surface area (TPSA) is 73.2 Å². The van der Waals surface area contributed by atoms with E-state index in [1.54, 1.807) is 18.1 Å². The number of nitrogens with zero attached hydrogens (tertiary/aromatic N) is 3. The van der Waals surface area contributed by atoms with Crippen LogP contribution in [0, 0.1) is 5.82 Å². The first-order chi connectivity index (χ1) is 17.5. The van der Waals surface area contributed by atoms with E-state index in [-0.39, 0.29) is 29.9 Å². The molecule has 0 radical (unpaired) electrons. The summed E-state index contributed by atoms with van der Waals surface area (Å²) >= 11 is 0. The van der Waals surface area contributed by atoms with E-state index < -0.39 is 5.60 Å². The van der Waals surface area contributed by atoms with Gasteiger partial charge in [-0.3, -0.25) is 4.79 Å². The molecule has 2 heterocycles. The van der Waals surface area contributed by atoms with Crippen LogP contribution in [0.15, 0.2) is 18.2 Å². The second-order valence-electron chi connectivity index (χ2n) is 10.9. The van der Waals surface area contributed by atoms with Gasteiger partial charge in [0, 0.05) is 44.8 Å². The summed E-state index contributed by atoms with van der Waals surface area (Å²) < 4.78 is 32.7. The van der Waals surface area contributed by atoms with Crippen molar-refractivity contribution in [2.75, 3.05) is 33.9 Å². The van der Waals surface area contributed by atoms with Crippen molar-refractivity contribution in [1.82, 2.24) is 14.4 Å². The predicted molar refractivity (Wildman–Crippen MR) is 142 cm³/mol. The maximum Gasteiger partial charge on any atom is 0.410 e. The van der Waals surface area contributed by atoms with Crippen molar-refractivity contribution >= 4 is 22.9 Å². The number of fused-ring (bicyclic) bond motifs is 1. The zero-order chi connectivity index (χ0) is 27.3. The first kappa shape index (κ1) is 28.8. The van der Waals surface area contributed by atoms with Crippen LogP contribution in [0.4, 0.5) is 9.18 Å². The fourth-order valence-electron chi connectivity index (χ4n) is 5.08. The second kappa shape index (κ2) is 12.2. The second-order valence-corrected chi connectivity index (χ2v) is 10.9. The Morgan fingerprint density at radius 1 is 1.19 bits per heavy atom. The minimum atomic E-state index is -0.593. The summed E-state index contributed by atoms with van der Waals surface area (Å²) in [5, 5.41) is 0.570. The van der Waals surface area contributed by atoms with Crippen molar-refractivity contribution in [2.45, 2.75) is 84.5 Å². The van der Waals surface area contributed by atoms with Gasteiger partial charge in [0.05, 0.1) is 18.7 Å². The Kier molecular flexibility index (Phi) is 9.45. The minimum Gasteiger partial charge on any atom is -0.494 e. The number of halogens is 1. The summed E-state index contributed by atoms with van der Waals surface area (Å²) in [6.45, 7) is 11.7. The van der Waals surface area contributed by atoms with Crippen molar-refractivity contribution in [3.05, 3.63) is 29.7 Å². The molecule has 9 heteroatoms. The standard InChI is InChI=1S/C28H42FN3O5/c1-19(2)32(21-11-10-14-30(18-21)27(34)37-28(3,4)5)26(33)24-25(36-7)22-17-20(29)12-13-23(22)31(24)15-8-9-16-35-6/h12-13,17,19,21H,8-11,14-16,18H2,1-7H3/t21-/m1/s1. The van der Waals surface area contributed by atoms with E-state index >= 15 is 0 Å². The number of amides is 2. The van der Waals surface area contributed by atoms with Crippen LogP contribution in [0.25, 0.3) is 10.9 Å². The first-order valence-electron chi connectivity index (χ1n) is 13.1. The zero-order valence-corrected chi connectivity index (χ0v) is 23.3. The number of piperidine rings is 1. The summed E-state index contributed by atoms with van der Waals surface area (Å²) in [5.41, 5.74) is 0.564. The van der Waals surface area contributed by atoms with E-state index in [0.29, 0.717) is 43.1 Å². The van der Waals surface area contributed by atoms with Gasteiger partial charge >= 0.3 is 6.09 Å². The molecule has 1 aliphatic rings. The maximum atomic E-state index is 14.3. The number of benzene rings is 1. The molecule has 37 heavy (non-hydrogen) atoms. The van der Waals surface area contributed by atoms with Crippen LogP contribution in [0.2, 0.25) is 0 Å². The van der Waals surface area contributed by atoms with Crippen LogP contribution in [0.1, 0.15) is 70.8 Å². The van der Waals surface area contributed by atoms with Crippen molar-refractivity contribution in [2.24, 2.45) is 0 Å². The Morgan fingerprint density at radius 3 is 2.54 bits per heavy atom. The summed E-state index contributed by atoms with van der Waals surface area (Å²) in [6.07, 6.45) is 2.79. The zero-order valence-electron chi connectivity index (χ0n) is 23.3. The lowest BCUT2D eigenvalue weighted by Crippen LogP contribution is -2.54. The number of carbonyl (C=O) groups excluding carboxylic acids is 2. The van der Waals surface area contributed by atoms with Crippen LogP contribution in [0.5, 0.6) is 5.75 Å². The van der Waals surface area contributed by atoms with E-state index in [2.05, 4.69) is 0 Å². The summed E-state index contributed by atoms with van der Waals surface area (Å²) in [4.78, 5) is 30.6. The maximum absolute atomic E-state index is 14.3. The van der Waals surface area contributed by atoms with Crippen LogP contribution < -0.4 is 4.74 Å². The number of aromatic nitrogens is 1. The molecule has 0 unspecified atom stereocenters. The van der Waals surface area contributed by atoms with Gasteiger partial charge in [-0.25, -0.2) is 9.18 Å². The van der Waals surface area contributed by atoms with Gasteiger partial charge < -0.3 is 28.6 Å². The van der Waals surface area contributed by atoms with Crippen molar-refractivity contribution in [3.8, 4) is 5.75 Å². The molecule has 3 rings (SSSR count). The summed E-state index contributed by atoms with van der Waals surface area (Å²) in [7, 11) is 3.17. The largest absolute Gasteiger partial charge is 0.494 e. The van der Waals surface area contributed by atoms with Gasteiger partial charge in [0.25, 0.3) is 5.91 Å². The van der Waals surface area contributed by atoms with Gasteiger partial charge in [-0.05, 0) is 78.5 Å². The molecule has 0 spiro atoms. The van der Waals surface area contributed by atoms with Gasteiger partial charge in [0.2, 0.25) is 0 Å². The number of likely N-dealkylation sites (tertiary alicyclic amines) is 1. The van der Waals surface area contributed by atoms with E-state index in [1.807, 2.05) is 44.1 Å². The smallest absolute Gasteiger partial charge is 0.410 e. The number of hydrogen-bond donors (Lipinski definition) is 0. The molecule has 1 aliphatic heterocycles. The molecule has 8 nitrogen and oxygen atoms in total. The normalized spacial score (nSPS) is 16.4. The van der Waals surface area contributed by atoms with E-state index in [4.69, 9.17) is 14.2 Å². The molecule has 0 bridgehead atoms. The number of aryl methyl sites for hydroxylation is 1. The Morgan fingerprint density at radius 2 is 1.92 bits per heavy atom. The predicted octanol–water partition coefficient (Wildman–Crippen LogP) is 5.47. The van der Waals surface area contributed by atoms with Crippen LogP contribution in [0.3, 0.4) is 0 Å².